The third-order valence-corrected chi connectivity index (χ3v) is 7.44. The Balaban J connectivity index is 1.48. The molecule has 3 heterocycles. The van der Waals surface area contributed by atoms with Gasteiger partial charge in [0.2, 0.25) is 5.91 Å². The van der Waals surface area contributed by atoms with Gasteiger partial charge in [0.25, 0.3) is 5.91 Å². The lowest BCUT2D eigenvalue weighted by Gasteiger charge is -2.25. The third-order valence-electron chi connectivity index (χ3n) is 7.44. The molecule has 0 radical (unpaired) electrons. The number of nitriles is 1. The van der Waals surface area contributed by atoms with Crippen LogP contribution < -0.4 is 16.4 Å². The molecule has 1 aromatic carbocycles. The summed E-state index contributed by atoms with van der Waals surface area (Å²) in [5, 5.41) is 16.0. The number of hydrogen-bond acceptors (Lipinski definition) is 7. The summed E-state index contributed by atoms with van der Waals surface area (Å²) in [7, 11) is 0. The first-order chi connectivity index (χ1) is 18.6. The molecule has 2 aliphatic rings. The van der Waals surface area contributed by atoms with E-state index < -0.39 is 0 Å². The number of likely N-dealkylation sites (tertiary alicyclic amines) is 1. The van der Waals surface area contributed by atoms with Crippen LogP contribution in [0.1, 0.15) is 60.9 Å². The lowest BCUT2D eigenvalue weighted by molar-refractivity contribution is -0.132. The topological polar surface area (TPSA) is 133 Å². The molecule has 4 rings (SSSR count). The van der Waals surface area contributed by atoms with Crippen molar-refractivity contribution >= 4 is 17.6 Å². The number of aromatic nitrogens is 1. The second kappa shape index (κ2) is 13.9. The minimum atomic E-state index is -0.229. The lowest BCUT2D eigenvalue weighted by atomic mass is 9.96. The average molecular weight is 519 g/mol. The molecule has 9 heteroatoms. The largest absolute Gasteiger partial charge is 0.381 e. The maximum absolute atomic E-state index is 13.3. The Hall–Kier alpha value is -3.48. The van der Waals surface area contributed by atoms with Crippen molar-refractivity contribution in [3.05, 3.63) is 47.5 Å². The maximum Gasteiger partial charge on any atom is 0.255 e. The number of rotatable bonds is 11. The number of amides is 2. The highest BCUT2D eigenvalue weighted by atomic mass is 16.5. The standard InChI is InChI=1S/C29H38N6O3/c30-14-3-8-27(36)35-16-4-6-23(35)20-33-29(37)25-9-10-26(24-7-2-1-5-22(24)19-31)34-28(25)32-15-11-21-12-17-38-18-13-21/h1-2,5,7,9-10,21,23H,3-4,6,8,11-18,20,30H2,(H,32,34)(H,33,37)/t23-/m1/s1. The number of ether oxygens (including phenoxy) is 1. The first-order valence-electron chi connectivity index (χ1n) is 13.7. The number of nitrogens with two attached hydrogens (primary N) is 1. The molecule has 9 nitrogen and oxygen atoms in total. The van der Waals surface area contributed by atoms with E-state index in [1.54, 1.807) is 18.2 Å². The summed E-state index contributed by atoms with van der Waals surface area (Å²) in [6.45, 7) is 3.89. The summed E-state index contributed by atoms with van der Waals surface area (Å²) in [5.74, 6) is 0.959. The zero-order chi connectivity index (χ0) is 26.7. The van der Waals surface area contributed by atoms with Crippen molar-refractivity contribution in [1.29, 1.82) is 5.26 Å². The predicted octanol–water partition coefficient (Wildman–Crippen LogP) is 3.31. The molecule has 202 valence electrons. The van der Waals surface area contributed by atoms with Gasteiger partial charge in [-0.3, -0.25) is 9.59 Å². The molecular weight excluding hydrogens is 480 g/mol. The minimum absolute atomic E-state index is 0.0103. The van der Waals surface area contributed by atoms with Gasteiger partial charge in [0.15, 0.2) is 0 Å². The van der Waals surface area contributed by atoms with Crippen molar-refractivity contribution in [3.63, 3.8) is 0 Å². The van der Waals surface area contributed by atoms with Gasteiger partial charge in [0.05, 0.1) is 22.9 Å². The number of nitrogens with one attached hydrogen (secondary N) is 2. The monoisotopic (exact) mass is 518 g/mol. The van der Waals surface area contributed by atoms with Crippen molar-refractivity contribution < 1.29 is 14.3 Å². The fourth-order valence-corrected chi connectivity index (χ4v) is 5.24. The Bertz CT molecular complexity index is 1140. The van der Waals surface area contributed by atoms with Gasteiger partial charge in [0, 0.05) is 50.9 Å². The molecule has 0 bridgehead atoms. The van der Waals surface area contributed by atoms with Gasteiger partial charge >= 0.3 is 0 Å². The van der Waals surface area contributed by atoms with Crippen LogP contribution in [0.25, 0.3) is 11.3 Å². The van der Waals surface area contributed by atoms with E-state index in [-0.39, 0.29) is 17.9 Å². The molecule has 0 spiro atoms. The van der Waals surface area contributed by atoms with Crippen molar-refractivity contribution in [3.8, 4) is 17.3 Å². The normalized spacial score (nSPS) is 17.7. The van der Waals surface area contributed by atoms with Crippen LogP contribution in [0.2, 0.25) is 0 Å². The second-order valence-electron chi connectivity index (χ2n) is 10.0. The Morgan fingerprint density at radius 1 is 1.16 bits per heavy atom. The molecule has 2 fully saturated rings. The van der Waals surface area contributed by atoms with E-state index in [1.165, 1.54) is 0 Å². The van der Waals surface area contributed by atoms with Crippen molar-refractivity contribution in [2.75, 3.05) is 44.7 Å². The highest BCUT2D eigenvalue weighted by Crippen LogP contribution is 2.26. The van der Waals surface area contributed by atoms with Crippen LogP contribution in [0.5, 0.6) is 0 Å². The highest BCUT2D eigenvalue weighted by molar-refractivity contribution is 5.99. The smallest absolute Gasteiger partial charge is 0.255 e. The number of nitrogens with zero attached hydrogens (tertiary/aromatic N) is 3. The number of carbonyl (C=O) groups excluding carboxylic acids is 2. The molecule has 0 aliphatic carbocycles. The third kappa shape index (κ3) is 7.09. The number of benzene rings is 1. The number of carbonyl (C=O) groups is 2. The van der Waals surface area contributed by atoms with E-state index in [9.17, 15) is 14.9 Å². The summed E-state index contributed by atoms with van der Waals surface area (Å²) in [4.78, 5) is 32.6. The van der Waals surface area contributed by atoms with E-state index in [0.717, 1.165) is 57.4 Å². The van der Waals surface area contributed by atoms with Gasteiger partial charge in [-0.2, -0.15) is 5.26 Å². The Labute approximate surface area is 224 Å². The predicted molar refractivity (Wildman–Crippen MR) is 146 cm³/mol. The molecule has 38 heavy (non-hydrogen) atoms. The van der Waals surface area contributed by atoms with E-state index in [1.807, 2.05) is 23.1 Å². The van der Waals surface area contributed by atoms with Crippen LogP contribution in [-0.4, -0.2) is 67.1 Å². The first kappa shape index (κ1) is 27.6. The molecule has 2 aliphatic heterocycles. The fraction of sp³-hybridized carbons (Fsp3) is 0.517. The molecule has 0 unspecified atom stereocenters. The quantitative estimate of drug-likeness (QED) is 0.416. The fourth-order valence-electron chi connectivity index (χ4n) is 5.24. The average Bonchev–Trinajstić information content (AvgIpc) is 3.44. The molecule has 2 amide bonds. The van der Waals surface area contributed by atoms with Crippen LogP contribution in [0.15, 0.2) is 36.4 Å². The summed E-state index contributed by atoms with van der Waals surface area (Å²) in [6, 6.07) is 13.1. The van der Waals surface area contributed by atoms with Crippen LogP contribution in [0.3, 0.4) is 0 Å². The molecule has 2 saturated heterocycles. The van der Waals surface area contributed by atoms with Gasteiger partial charge in [-0.15, -0.1) is 0 Å². The maximum atomic E-state index is 13.3. The Kier molecular flexibility index (Phi) is 10.1. The van der Waals surface area contributed by atoms with Gasteiger partial charge in [0.1, 0.15) is 5.82 Å². The van der Waals surface area contributed by atoms with E-state index in [4.69, 9.17) is 15.5 Å². The number of pyridine rings is 1. The Morgan fingerprint density at radius 3 is 2.76 bits per heavy atom. The van der Waals surface area contributed by atoms with E-state index in [0.29, 0.717) is 61.0 Å². The molecule has 4 N–H and O–H groups in total. The molecular formula is C29H38N6O3. The Morgan fingerprint density at radius 2 is 1.97 bits per heavy atom. The van der Waals surface area contributed by atoms with Crippen molar-refractivity contribution in [1.82, 2.24) is 15.2 Å². The van der Waals surface area contributed by atoms with Crippen LogP contribution in [-0.2, 0) is 9.53 Å². The molecule has 0 saturated carbocycles. The first-order valence-corrected chi connectivity index (χ1v) is 13.7. The minimum Gasteiger partial charge on any atom is -0.381 e. The number of hydrogen-bond donors (Lipinski definition) is 3. The van der Waals surface area contributed by atoms with Crippen LogP contribution >= 0.6 is 0 Å². The molecule has 2 aromatic rings. The summed E-state index contributed by atoms with van der Waals surface area (Å²) in [5.41, 5.74) is 7.92. The van der Waals surface area contributed by atoms with Crippen molar-refractivity contribution in [2.45, 2.75) is 51.0 Å². The molecule has 1 aromatic heterocycles. The van der Waals surface area contributed by atoms with Crippen LogP contribution in [0, 0.1) is 17.2 Å². The lowest BCUT2D eigenvalue weighted by Crippen LogP contribution is -2.43. The zero-order valence-corrected chi connectivity index (χ0v) is 22.0. The zero-order valence-electron chi connectivity index (χ0n) is 22.0. The summed E-state index contributed by atoms with van der Waals surface area (Å²) >= 11 is 0. The van der Waals surface area contributed by atoms with Gasteiger partial charge < -0.3 is 26.0 Å². The molecule has 1 atom stereocenters. The second-order valence-corrected chi connectivity index (χ2v) is 10.0. The highest BCUT2D eigenvalue weighted by Gasteiger charge is 2.29. The summed E-state index contributed by atoms with van der Waals surface area (Å²) in [6.07, 6.45) is 5.96. The van der Waals surface area contributed by atoms with Crippen molar-refractivity contribution in [2.24, 2.45) is 11.7 Å². The van der Waals surface area contributed by atoms with E-state index in [2.05, 4.69) is 16.7 Å². The SMILES string of the molecule is N#Cc1ccccc1-c1ccc(C(=O)NC[C@H]2CCCN2C(=O)CCCN)c(NCCC2CCOCC2)n1. The van der Waals surface area contributed by atoms with E-state index >= 15 is 0 Å². The number of anilines is 1. The van der Waals surface area contributed by atoms with Gasteiger partial charge in [-0.1, -0.05) is 18.2 Å². The van der Waals surface area contributed by atoms with Crippen LogP contribution in [0.4, 0.5) is 5.82 Å². The van der Waals surface area contributed by atoms with Gasteiger partial charge in [-0.25, -0.2) is 4.98 Å². The van der Waals surface area contributed by atoms with Gasteiger partial charge in [-0.05, 0) is 69.2 Å². The summed E-state index contributed by atoms with van der Waals surface area (Å²) < 4.78 is 5.47.